The molecule has 1 aromatic rings. The molecule has 1 aromatic carbocycles. The average molecular weight is 274 g/mol. The Hall–Kier alpha value is -1.37. The van der Waals surface area contributed by atoms with E-state index in [4.69, 9.17) is 5.73 Å². The fourth-order valence-electron chi connectivity index (χ4n) is 2.77. The van der Waals surface area contributed by atoms with Gasteiger partial charge in [-0.2, -0.15) is 0 Å². The topological polar surface area (TPSA) is 29.3 Å². The minimum atomic E-state index is -0.241. The van der Waals surface area contributed by atoms with E-state index in [0.29, 0.717) is 12.6 Å². The van der Waals surface area contributed by atoms with Crippen molar-refractivity contribution in [1.82, 2.24) is 4.90 Å². The molecule has 1 heterocycles. The fraction of sp³-hybridized carbons (Fsp3) is 0.529. The lowest BCUT2D eigenvalue weighted by Crippen LogP contribution is -2.40. The van der Waals surface area contributed by atoms with Gasteiger partial charge in [-0.1, -0.05) is 24.8 Å². The number of hydrogen-bond donors (Lipinski definition) is 1. The van der Waals surface area contributed by atoms with Gasteiger partial charge in [-0.05, 0) is 43.4 Å². The van der Waals surface area contributed by atoms with Crippen molar-refractivity contribution in [2.75, 3.05) is 13.1 Å². The molecule has 1 aliphatic rings. The van der Waals surface area contributed by atoms with Crippen LogP contribution in [-0.2, 0) is 6.54 Å². The molecule has 2 atom stereocenters. The third-order valence-electron chi connectivity index (χ3n) is 4.02. The van der Waals surface area contributed by atoms with Crippen LogP contribution in [0.15, 0.2) is 18.2 Å². The molecule has 2 N–H and O–H groups in total. The maximum Gasteiger partial charge on any atom is 0.124 e. The zero-order valence-corrected chi connectivity index (χ0v) is 12.3. The van der Waals surface area contributed by atoms with E-state index in [1.807, 2.05) is 6.07 Å². The lowest BCUT2D eigenvalue weighted by atomic mass is 9.94. The number of nitrogens with zero attached hydrogens (tertiary/aromatic N) is 1. The van der Waals surface area contributed by atoms with Crippen LogP contribution in [0.1, 0.15) is 37.8 Å². The molecule has 1 fully saturated rings. The monoisotopic (exact) mass is 274 g/mol. The summed E-state index contributed by atoms with van der Waals surface area (Å²) >= 11 is 0. The largest absolute Gasteiger partial charge is 0.320 e. The Labute approximate surface area is 121 Å². The predicted molar refractivity (Wildman–Crippen MR) is 80.6 cm³/mol. The number of benzene rings is 1. The van der Waals surface area contributed by atoms with E-state index in [9.17, 15) is 4.39 Å². The van der Waals surface area contributed by atoms with E-state index in [1.54, 1.807) is 0 Å². The van der Waals surface area contributed by atoms with Crippen LogP contribution in [0.3, 0.4) is 0 Å². The van der Waals surface area contributed by atoms with Gasteiger partial charge in [-0.25, -0.2) is 4.39 Å². The molecular weight excluding hydrogens is 251 g/mol. The minimum absolute atomic E-state index is 0.241. The molecule has 0 spiro atoms. The highest BCUT2D eigenvalue weighted by Crippen LogP contribution is 2.24. The Morgan fingerprint density at radius 1 is 1.35 bits per heavy atom. The summed E-state index contributed by atoms with van der Waals surface area (Å²) in [6, 6.07) is 5.45. The number of nitrogens with two attached hydrogens (primary N) is 1. The van der Waals surface area contributed by atoms with Gasteiger partial charge in [-0.15, -0.1) is 0 Å². The molecule has 2 nitrogen and oxygen atoms in total. The van der Waals surface area contributed by atoms with Crippen molar-refractivity contribution < 1.29 is 4.39 Å². The Kier molecular flexibility index (Phi) is 5.17. The zero-order chi connectivity index (χ0) is 14.5. The Bertz CT molecular complexity index is 515. The summed E-state index contributed by atoms with van der Waals surface area (Å²) in [5.74, 6) is 6.30. The van der Waals surface area contributed by atoms with E-state index in [2.05, 4.69) is 30.6 Å². The first kappa shape index (κ1) is 15.0. The summed E-state index contributed by atoms with van der Waals surface area (Å²) in [6.07, 6.45) is 2.52. The fourth-order valence-corrected chi connectivity index (χ4v) is 2.77. The van der Waals surface area contributed by atoms with Gasteiger partial charge in [0, 0.05) is 24.7 Å². The summed E-state index contributed by atoms with van der Waals surface area (Å²) in [4.78, 5) is 2.47. The average Bonchev–Trinajstić information content (AvgIpc) is 2.43. The second-order valence-electron chi connectivity index (χ2n) is 5.77. The molecule has 3 heteroatoms. The first-order chi connectivity index (χ1) is 9.60. The van der Waals surface area contributed by atoms with Crippen LogP contribution in [0.4, 0.5) is 4.39 Å². The first-order valence-corrected chi connectivity index (χ1v) is 7.31. The zero-order valence-electron chi connectivity index (χ0n) is 12.3. The van der Waals surface area contributed by atoms with Crippen LogP contribution in [0.2, 0.25) is 0 Å². The number of piperidine rings is 1. The highest BCUT2D eigenvalue weighted by Gasteiger charge is 2.23. The molecule has 108 valence electrons. The molecular formula is C17H23FN2. The van der Waals surface area contributed by atoms with Gasteiger partial charge in [-0.3, -0.25) is 4.90 Å². The number of hydrogen-bond acceptors (Lipinski definition) is 2. The minimum Gasteiger partial charge on any atom is -0.320 e. The van der Waals surface area contributed by atoms with E-state index < -0.39 is 0 Å². The molecule has 0 amide bonds. The van der Waals surface area contributed by atoms with Crippen LogP contribution in [0, 0.1) is 23.6 Å². The van der Waals surface area contributed by atoms with Crippen molar-refractivity contribution in [2.24, 2.45) is 11.7 Å². The van der Waals surface area contributed by atoms with Gasteiger partial charge in [0.1, 0.15) is 5.82 Å². The third kappa shape index (κ3) is 3.82. The maximum atomic E-state index is 13.4. The second kappa shape index (κ2) is 6.88. The Balaban J connectivity index is 2.19. The summed E-state index contributed by atoms with van der Waals surface area (Å²) < 4.78 is 13.4. The van der Waals surface area contributed by atoms with Gasteiger partial charge < -0.3 is 5.73 Å². The Morgan fingerprint density at radius 2 is 2.15 bits per heavy atom. The van der Waals surface area contributed by atoms with Gasteiger partial charge >= 0.3 is 0 Å². The molecule has 0 radical (unpaired) electrons. The number of likely N-dealkylation sites (tertiary alicyclic amines) is 1. The van der Waals surface area contributed by atoms with E-state index in [1.165, 1.54) is 25.0 Å². The molecule has 0 bridgehead atoms. The second-order valence-corrected chi connectivity index (χ2v) is 5.77. The van der Waals surface area contributed by atoms with Crippen LogP contribution >= 0.6 is 0 Å². The van der Waals surface area contributed by atoms with Crippen molar-refractivity contribution >= 4 is 0 Å². The lowest BCUT2D eigenvalue weighted by Gasteiger charge is -2.37. The molecule has 0 aliphatic carbocycles. The molecule has 1 saturated heterocycles. The summed E-state index contributed by atoms with van der Waals surface area (Å²) in [7, 11) is 0. The standard InChI is InChI=1S/C17H23FN2/c1-13-5-6-14(2)20(11-13)12-16-7-8-17(18)10-15(16)4-3-9-19/h7-8,10,13-14H,5-6,9,11-12,19H2,1-2H3. The van der Waals surface area contributed by atoms with Crippen molar-refractivity contribution in [1.29, 1.82) is 0 Å². The molecule has 0 saturated carbocycles. The van der Waals surface area contributed by atoms with Crippen molar-refractivity contribution in [3.8, 4) is 11.8 Å². The summed E-state index contributed by atoms with van der Waals surface area (Å²) in [6.45, 7) is 6.79. The van der Waals surface area contributed by atoms with Crippen LogP contribution < -0.4 is 5.73 Å². The smallest absolute Gasteiger partial charge is 0.124 e. The quantitative estimate of drug-likeness (QED) is 0.840. The van der Waals surface area contributed by atoms with Crippen LogP contribution in [0.25, 0.3) is 0 Å². The van der Waals surface area contributed by atoms with Crippen molar-refractivity contribution in [3.05, 3.63) is 35.1 Å². The highest BCUT2D eigenvalue weighted by atomic mass is 19.1. The maximum absolute atomic E-state index is 13.4. The molecule has 20 heavy (non-hydrogen) atoms. The van der Waals surface area contributed by atoms with Gasteiger partial charge in [0.15, 0.2) is 0 Å². The lowest BCUT2D eigenvalue weighted by molar-refractivity contribution is 0.117. The normalized spacial score (nSPS) is 23.2. The summed E-state index contributed by atoms with van der Waals surface area (Å²) in [5.41, 5.74) is 7.27. The van der Waals surface area contributed by atoms with E-state index in [-0.39, 0.29) is 5.82 Å². The van der Waals surface area contributed by atoms with Crippen molar-refractivity contribution in [3.63, 3.8) is 0 Å². The predicted octanol–water partition coefficient (Wildman–Crippen LogP) is 2.76. The third-order valence-corrected chi connectivity index (χ3v) is 4.02. The van der Waals surface area contributed by atoms with Gasteiger partial charge in [0.05, 0.1) is 6.54 Å². The number of rotatable bonds is 2. The SMILES string of the molecule is CC1CCC(C)N(Cc2ccc(F)cc2C#CCN)C1. The van der Waals surface area contributed by atoms with Gasteiger partial charge in [0.2, 0.25) is 0 Å². The van der Waals surface area contributed by atoms with Crippen LogP contribution in [0.5, 0.6) is 0 Å². The number of halogens is 1. The molecule has 2 rings (SSSR count). The van der Waals surface area contributed by atoms with E-state index >= 15 is 0 Å². The van der Waals surface area contributed by atoms with E-state index in [0.717, 1.165) is 30.1 Å². The molecule has 2 unspecified atom stereocenters. The highest BCUT2D eigenvalue weighted by molar-refractivity contribution is 5.42. The molecule has 1 aliphatic heterocycles. The summed E-state index contributed by atoms with van der Waals surface area (Å²) in [5, 5.41) is 0. The van der Waals surface area contributed by atoms with Crippen LogP contribution in [-0.4, -0.2) is 24.0 Å². The Morgan fingerprint density at radius 3 is 2.90 bits per heavy atom. The van der Waals surface area contributed by atoms with Gasteiger partial charge in [0.25, 0.3) is 0 Å². The first-order valence-electron chi connectivity index (χ1n) is 7.31. The molecule has 0 aromatic heterocycles. The van der Waals surface area contributed by atoms with Crippen molar-refractivity contribution in [2.45, 2.75) is 39.3 Å².